The van der Waals surface area contributed by atoms with E-state index >= 15 is 0 Å². The summed E-state index contributed by atoms with van der Waals surface area (Å²) >= 11 is 0. The zero-order valence-electron chi connectivity index (χ0n) is 13.0. The van der Waals surface area contributed by atoms with Gasteiger partial charge in [0, 0.05) is 26.3 Å². The van der Waals surface area contributed by atoms with Gasteiger partial charge in [0.2, 0.25) is 11.8 Å². The van der Waals surface area contributed by atoms with Crippen molar-refractivity contribution in [2.75, 3.05) is 20.6 Å². The van der Waals surface area contributed by atoms with Gasteiger partial charge in [-0.25, -0.2) is 9.36 Å². The monoisotopic (exact) mass is 319 g/mol. The van der Waals surface area contributed by atoms with E-state index in [1.165, 1.54) is 18.7 Å². The highest BCUT2D eigenvalue weighted by atomic mass is 16.2. The number of carbonyl (C=O) groups excluding carboxylic acids is 2. The van der Waals surface area contributed by atoms with Crippen LogP contribution in [-0.4, -0.2) is 46.5 Å². The lowest BCUT2D eigenvalue weighted by atomic mass is 10.2. The van der Waals surface area contributed by atoms with Crippen molar-refractivity contribution in [3.05, 3.63) is 32.1 Å². The van der Waals surface area contributed by atoms with Crippen molar-refractivity contribution in [2.24, 2.45) is 0 Å². The topological polar surface area (TPSA) is 117 Å². The van der Waals surface area contributed by atoms with E-state index in [1.54, 1.807) is 0 Å². The predicted octanol–water partition coefficient (Wildman–Crippen LogP) is -1.97. The molecule has 1 N–H and O–H groups in total. The molecule has 0 atom stereocenters. The number of hydrogen-bond acceptors (Lipinski definition) is 5. The number of nitrogens with one attached hydrogen (secondary N) is 1. The smallest absolute Gasteiger partial charge is 0.331 e. The zero-order chi connectivity index (χ0) is 17.1. The fourth-order valence-corrected chi connectivity index (χ4v) is 2.53. The Morgan fingerprint density at radius 3 is 2.70 bits per heavy atom. The molecule has 0 saturated heterocycles. The maximum atomic E-state index is 12.4. The normalized spacial score (nSPS) is 12.4. The van der Waals surface area contributed by atoms with Gasteiger partial charge in [-0.2, -0.15) is 5.26 Å². The summed E-state index contributed by atoms with van der Waals surface area (Å²) in [7, 11) is 2.84. The number of carbonyl (C=O) groups is 2. The molecule has 122 valence electrons. The summed E-state index contributed by atoms with van der Waals surface area (Å²) in [5, 5.41) is 11.5. The first-order valence-corrected chi connectivity index (χ1v) is 7.11. The molecule has 1 aromatic heterocycles. The first-order valence-electron chi connectivity index (χ1n) is 7.11. The summed E-state index contributed by atoms with van der Waals surface area (Å²) < 4.78 is 2.13. The Hall–Kier alpha value is -2.89. The van der Waals surface area contributed by atoms with Crippen molar-refractivity contribution >= 4 is 11.8 Å². The molecule has 0 aromatic carbocycles. The van der Waals surface area contributed by atoms with Crippen molar-refractivity contribution < 1.29 is 9.59 Å². The van der Waals surface area contributed by atoms with Gasteiger partial charge in [0.15, 0.2) is 0 Å². The van der Waals surface area contributed by atoms with Crippen LogP contribution in [0.3, 0.4) is 0 Å². The molecule has 1 aliphatic heterocycles. The molecule has 0 aliphatic carbocycles. The van der Waals surface area contributed by atoms with Crippen LogP contribution < -0.4 is 16.6 Å². The Labute approximate surface area is 131 Å². The zero-order valence-corrected chi connectivity index (χ0v) is 13.0. The van der Waals surface area contributed by atoms with E-state index < -0.39 is 23.7 Å². The van der Waals surface area contributed by atoms with Gasteiger partial charge < -0.3 is 10.2 Å². The summed E-state index contributed by atoms with van der Waals surface area (Å²) in [6, 6.07) is 1.82. The molecule has 2 rings (SSSR count). The second kappa shape index (κ2) is 6.48. The van der Waals surface area contributed by atoms with E-state index in [2.05, 4.69) is 5.32 Å². The summed E-state index contributed by atoms with van der Waals surface area (Å²) in [6.45, 7) is -0.257. The molecule has 23 heavy (non-hydrogen) atoms. The first-order chi connectivity index (χ1) is 10.9. The van der Waals surface area contributed by atoms with Gasteiger partial charge in [-0.15, -0.1) is 0 Å². The van der Waals surface area contributed by atoms with Crippen molar-refractivity contribution in [3.8, 4) is 6.07 Å². The average molecular weight is 319 g/mol. The third-order valence-corrected chi connectivity index (χ3v) is 3.82. The number of rotatable bonds is 4. The maximum Gasteiger partial charge on any atom is 0.331 e. The molecular weight excluding hydrogens is 302 g/mol. The second-order valence-corrected chi connectivity index (χ2v) is 5.29. The SMILES string of the molecule is CNC(=O)CN(C)C(=O)Cn1c(=O)c(C#N)c2n(c1=O)CCC2. The third kappa shape index (κ3) is 3.01. The van der Waals surface area contributed by atoms with Gasteiger partial charge in [0.25, 0.3) is 5.56 Å². The molecular formula is C14H17N5O4. The van der Waals surface area contributed by atoms with Crippen LogP contribution in [0.25, 0.3) is 0 Å². The van der Waals surface area contributed by atoms with Gasteiger partial charge in [0.05, 0.1) is 6.54 Å². The summed E-state index contributed by atoms with van der Waals surface area (Å²) in [4.78, 5) is 49.2. The standard InChI is InChI=1S/C14H17N5O4/c1-16-11(20)7-17(2)12(21)8-19-13(22)9(6-15)10-4-3-5-18(10)14(19)23/h3-5,7-8H2,1-2H3,(H,16,20). The Kier molecular flexibility index (Phi) is 4.64. The molecule has 2 heterocycles. The second-order valence-electron chi connectivity index (χ2n) is 5.29. The summed E-state index contributed by atoms with van der Waals surface area (Å²) in [5.41, 5.74) is -1.01. The highest BCUT2D eigenvalue weighted by Gasteiger charge is 2.24. The number of amides is 2. The van der Waals surface area contributed by atoms with Crippen LogP contribution >= 0.6 is 0 Å². The lowest BCUT2D eigenvalue weighted by molar-refractivity contribution is -0.135. The summed E-state index contributed by atoms with van der Waals surface area (Å²) in [5.74, 6) is -0.924. The molecule has 1 aromatic rings. The van der Waals surface area contributed by atoms with Crippen LogP contribution in [0.1, 0.15) is 17.7 Å². The van der Waals surface area contributed by atoms with Crippen LogP contribution in [0.5, 0.6) is 0 Å². The van der Waals surface area contributed by atoms with Crippen molar-refractivity contribution in [3.63, 3.8) is 0 Å². The molecule has 0 radical (unpaired) electrons. The highest BCUT2D eigenvalue weighted by Crippen LogP contribution is 2.13. The van der Waals surface area contributed by atoms with Crippen molar-refractivity contribution in [1.29, 1.82) is 5.26 Å². The van der Waals surface area contributed by atoms with Crippen molar-refractivity contribution in [1.82, 2.24) is 19.4 Å². The molecule has 0 bridgehead atoms. The molecule has 9 nitrogen and oxygen atoms in total. The molecule has 9 heteroatoms. The van der Waals surface area contributed by atoms with Gasteiger partial charge in [-0.05, 0) is 12.8 Å². The largest absolute Gasteiger partial charge is 0.358 e. The third-order valence-electron chi connectivity index (χ3n) is 3.82. The minimum atomic E-state index is -0.757. The number of likely N-dealkylation sites (N-methyl/N-ethyl adjacent to an activating group) is 2. The average Bonchev–Trinajstić information content (AvgIpc) is 3.01. The summed E-state index contributed by atoms with van der Waals surface area (Å²) in [6.07, 6.45) is 1.18. The quantitative estimate of drug-likeness (QED) is 0.691. The first kappa shape index (κ1) is 16.5. The number of fused-ring (bicyclic) bond motifs is 1. The molecule has 0 saturated carbocycles. The van der Waals surface area contributed by atoms with Crippen LogP contribution in [0, 0.1) is 11.3 Å². The van der Waals surface area contributed by atoms with E-state index in [1.807, 2.05) is 6.07 Å². The Balaban J connectivity index is 2.37. The van der Waals surface area contributed by atoms with E-state index in [0.717, 1.165) is 9.47 Å². The number of nitrogens with zero attached hydrogens (tertiary/aromatic N) is 4. The van der Waals surface area contributed by atoms with Crippen LogP contribution in [0.4, 0.5) is 0 Å². The van der Waals surface area contributed by atoms with Gasteiger partial charge in [-0.3, -0.25) is 19.0 Å². The van der Waals surface area contributed by atoms with E-state index in [0.29, 0.717) is 25.1 Å². The predicted molar refractivity (Wildman–Crippen MR) is 79.7 cm³/mol. The van der Waals surface area contributed by atoms with E-state index in [9.17, 15) is 19.2 Å². The minimum absolute atomic E-state index is 0.0937. The molecule has 1 aliphatic rings. The lowest BCUT2D eigenvalue weighted by Crippen LogP contribution is -2.46. The Bertz CT molecular complexity index is 814. The molecule has 0 fully saturated rings. The number of nitriles is 1. The number of aromatic nitrogens is 2. The van der Waals surface area contributed by atoms with E-state index in [4.69, 9.17) is 5.26 Å². The fraction of sp³-hybridized carbons (Fsp3) is 0.500. The number of hydrogen-bond donors (Lipinski definition) is 1. The van der Waals surface area contributed by atoms with Crippen LogP contribution in [0.2, 0.25) is 0 Å². The molecule has 0 spiro atoms. The van der Waals surface area contributed by atoms with Crippen LogP contribution in [0.15, 0.2) is 9.59 Å². The van der Waals surface area contributed by atoms with E-state index in [-0.39, 0.29) is 18.0 Å². The van der Waals surface area contributed by atoms with Gasteiger partial charge in [-0.1, -0.05) is 0 Å². The molecule has 0 unspecified atom stereocenters. The highest BCUT2D eigenvalue weighted by molar-refractivity contribution is 5.84. The lowest BCUT2D eigenvalue weighted by Gasteiger charge is -2.17. The fourth-order valence-electron chi connectivity index (χ4n) is 2.53. The Morgan fingerprint density at radius 2 is 2.09 bits per heavy atom. The minimum Gasteiger partial charge on any atom is -0.358 e. The van der Waals surface area contributed by atoms with Crippen molar-refractivity contribution in [2.45, 2.75) is 25.9 Å². The molecule has 2 amide bonds. The van der Waals surface area contributed by atoms with Crippen LogP contribution in [-0.2, 0) is 29.1 Å². The maximum absolute atomic E-state index is 12.4. The van der Waals surface area contributed by atoms with Gasteiger partial charge >= 0.3 is 5.69 Å². The van der Waals surface area contributed by atoms with Gasteiger partial charge in [0.1, 0.15) is 18.2 Å². The Morgan fingerprint density at radius 1 is 1.39 bits per heavy atom.